The molecule has 0 spiro atoms. The van der Waals surface area contributed by atoms with Gasteiger partial charge >= 0.3 is 6.09 Å². The van der Waals surface area contributed by atoms with Gasteiger partial charge in [0.05, 0.1) is 31.1 Å². The van der Waals surface area contributed by atoms with E-state index in [2.05, 4.69) is 34.2 Å². The van der Waals surface area contributed by atoms with Gasteiger partial charge in [-0.3, -0.25) is 0 Å². The van der Waals surface area contributed by atoms with Gasteiger partial charge in [0, 0.05) is 12.5 Å². The third-order valence-electron chi connectivity index (χ3n) is 4.37. The Morgan fingerprint density at radius 2 is 2.04 bits per heavy atom. The van der Waals surface area contributed by atoms with Crippen LogP contribution in [0.3, 0.4) is 0 Å². The van der Waals surface area contributed by atoms with E-state index in [4.69, 9.17) is 4.74 Å². The van der Waals surface area contributed by atoms with Gasteiger partial charge in [-0.05, 0) is 27.2 Å². The zero-order valence-electron chi connectivity index (χ0n) is 16.5. The van der Waals surface area contributed by atoms with E-state index in [1.165, 1.54) is 4.90 Å². The predicted octanol–water partition coefficient (Wildman–Crippen LogP) is 2.03. The summed E-state index contributed by atoms with van der Waals surface area (Å²) < 4.78 is 7.14. The second kappa shape index (κ2) is 7.30. The number of aliphatic hydroxyl groups excluding tert-OH is 1. The number of likely N-dealkylation sites (tertiary alicyclic amines) is 1. The van der Waals surface area contributed by atoms with Crippen LogP contribution in [-0.2, 0) is 4.74 Å². The molecule has 0 aliphatic carbocycles. The van der Waals surface area contributed by atoms with Crippen molar-refractivity contribution < 1.29 is 14.6 Å². The van der Waals surface area contributed by atoms with Crippen LogP contribution in [0.1, 0.15) is 52.8 Å². The smallest absolute Gasteiger partial charge is 0.410 e. The minimum absolute atomic E-state index is 0.205. The molecule has 2 aromatic heterocycles. The van der Waals surface area contributed by atoms with E-state index in [1.54, 1.807) is 16.9 Å². The third-order valence-corrected chi connectivity index (χ3v) is 4.37. The van der Waals surface area contributed by atoms with Gasteiger partial charge in [0.25, 0.3) is 0 Å². The van der Waals surface area contributed by atoms with Crippen molar-refractivity contribution in [3.8, 4) is 0 Å². The summed E-state index contributed by atoms with van der Waals surface area (Å²) in [5.41, 5.74) is 0.267. The second-order valence-corrected chi connectivity index (χ2v) is 8.22. The number of hydrogen-bond donors (Lipinski definition) is 2. The zero-order valence-corrected chi connectivity index (χ0v) is 16.5. The van der Waals surface area contributed by atoms with E-state index < -0.39 is 17.8 Å². The number of aliphatic hydroxyl groups is 1. The van der Waals surface area contributed by atoms with Crippen molar-refractivity contribution in [2.24, 2.45) is 0 Å². The van der Waals surface area contributed by atoms with Crippen LogP contribution in [0, 0.1) is 0 Å². The highest BCUT2D eigenvalue weighted by Crippen LogP contribution is 2.19. The number of carbonyl (C=O) groups excluding carboxylic acids is 1. The van der Waals surface area contributed by atoms with E-state index in [0.29, 0.717) is 18.9 Å². The first-order valence-electron chi connectivity index (χ1n) is 9.27. The molecule has 27 heavy (non-hydrogen) atoms. The predicted molar refractivity (Wildman–Crippen MR) is 101 cm³/mol. The average molecular weight is 376 g/mol. The van der Waals surface area contributed by atoms with Crippen LogP contribution >= 0.6 is 0 Å². The SMILES string of the molecule is CC(C)c1ncc2cnc(N[C@@H]3CCN(C(=O)OC(C)(C)C)C[C@H]3O)nn12. The number of carbonyl (C=O) groups is 1. The molecule has 1 amide bonds. The molecule has 1 aliphatic rings. The molecule has 1 fully saturated rings. The summed E-state index contributed by atoms with van der Waals surface area (Å²) in [7, 11) is 0. The van der Waals surface area contributed by atoms with Crippen molar-refractivity contribution in [2.45, 2.75) is 64.7 Å². The Kier molecular flexibility index (Phi) is 5.23. The van der Waals surface area contributed by atoms with Gasteiger partial charge in [0.15, 0.2) is 0 Å². The van der Waals surface area contributed by atoms with E-state index in [-0.39, 0.29) is 18.5 Å². The largest absolute Gasteiger partial charge is 0.444 e. The third kappa shape index (κ3) is 4.47. The Morgan fingerprint density at radius 3 is 2.67 bits per heavy atom. The van der Waals surface area contributed by atoms with Crippen molar-refractivity contribution in [3.05, 3.63) is 18.2 Å². The fourth-order valence-corrected chi connectivity index (χ4v) is 3.04. The van der Waals surface area contributed by atoms with Crippen LogP contribution in [0.25, 0.3) is 5.52 Å². The number of ether oxygens (including phenoxy) is 1. The molecule has 1 saturated heterocycles. The van der Waals surface area contributed by atoms with Crippen molar-refractivity contribution >= 4 is 17.6 Å². The standard InChI is InChI=1S/C18H28N6O3/c1-11(2)15-19-8-12-9-20-16(22-24(12)15)21-13-6-7-23(10-14(13)25)17(26)27-18(3,4)5/h8-9,11,13-14,25H,6-7,10H2,1-5H3,(H,21,22)/t13-,14-/m1/s1. The van der Waals surface area contributed by atoms with Gasteiger partial charge in [-0.15, -0.1) is 5.10 Å². The molecule has 0 bridgehead atoms. The summed E-state index contributed by atoms with van der Waals surface area (Å²) in [5, 5.41) is 18.2. The number of nitrogens with one attached hydrogen (secondary N) is 1. The van der Waals surface area contributed by atoms with Gasteiger partial charge < -0.3 is 20.1 Å². The Hall–Kier alpha value is -2.42. The second-order valence-electron chi connectivity index (χ2n) is 8.22. The Labute approximate surface area is 158 Å². The molecule has 2 N–H and O–H groups in total. The highest BCUT2D eigenvalue weighted by Gasteiger charge is 2.33. The van der Waals surface area contributed by atoms with Gasteiger partial charge in [-0.25, -0.2) is 19.3 Å². The van der Waals surface area contributed by atoms with E-state index >= 15 is 0 Å². The number of nitrogens with zero attached hydrogens (tertiary/aromatic N) is 5. The Balaban J connectivity index is 1.66. The molecule has 3 heterocycles. The zero-order chi connectivity index (χ0) is 19.8. The first-order valence-corrected chi connectivity index (χ1v) is 9.27. The van der Waals surface area contributed by atoms with Crippen LogP contribution in [-0.4, -0.2) is 66.5 Å². The van der Waals surface area contributed by atoms with Crippen LogP contribution in [0.5, 0.6) is 0 Å². The lowest BCUT2D eigenvalue weighted by molar-refractivity contribution is 0.00113. The molecule has 3 rings (SSSR count). The Bertz CT molecular complexity index is 813. The van der Waals surface area contributed by atoms with Crippen LogP contribution < -0.4 is 5.32 Å². The van der Waals surface area contributed by atoms with Gasteiger partial charge in [0.2, 0.25) is 5.95 Å². The van der Waals surface area contributed by atoms with Crippen molar-refractivity contribution in [1.82, 2.24) is 24.5 Å². The maximum Gasteiger partial charge on any atom is 0.410 e. The number of rotatable bonds is 3. The summed E-state index contributed by atoms with van der Waals surface area (Å²) in [4.78, 5) is 22.4. The summed E-state index contributed by atoms with van der Waals surface area (Å²) >= 11 is 0. The molecule has 0 unspecified atom stereocenters. The fraction of sp³-hybridized carbons (Fsp3) is 0.667. The van der Waals surface area contributed by atoms with E-state index in [9.17, 15) is 9.90 Å². The molecule has 0 aromatic carbocycles. The van der Waals surface area contributed by atoms with Crippen LogP contribution in [0.15, 0.2) is 12.4 Å². The van der Waals surface area contributed by atoms with Gasteiger partial charge in [-0.2, -0.15) is 0 Å². The minimum atomic E-state index is -0.738. The molecule has 0 saturated carbocycles. The van der Waals surface area contributed by atoms with Gasteiger partial charge in [-0.1, -0.05) is 13.8 Å². The molecule has 9 nitrogen and oxygen atoms in total. The minimum Gasteiger partial charge on any atom is -0.444 e. The first-order chi connectivity index (χ1) is 12.6. The fourth-order valence-electron chi connectivity index (χ4n) is 3.04. The number of β-amino-alcohol motifs (C(OH)–C–C–N with tert-alkyl or cyclic N) is 1. The number of piperidine rings is 1. The number of imidazole rings is 1. The quantitative estimate of drug-likeness (QED) is 0.844. The van der Waals surface area contributed by atoms with Crippen molar-refractivity contribution in [2.75, 3.05) is 18.4 Å². The van der Waals surface area contributed by atoms with Gasteiger partial charge in [0.1, 0.15) is 16.9 Å². The lowest BCUT2D eigenvalue weighted by Gasteiger charge is -2.36. The lowest BCUT2D eigenvalue weighted by Crippen LogP contribution is -2.52. The maximum absolute atomic E-state index is 12.2. The molecule has 0 radical (unpaired) electrons. The molecule has 2 aromatic rings. The summed E-state index contributed by atoms with van der Waals surface area (Å²) in [6.07, 6.45) is 2.88. The summed E-state index contributed by atoms with van der Waals surface area (Å²) in [5.74, 6) is 1.52. The molecule has 1 aliphatic heterocycles. The number of aromatic nitrogens is 4. The average Bonchev–Trinajstić information content (AvgIpc) is 2.98. The molecule has 148 valence electrons. The number of hydrogen-bond acceptors (Lipinski definition) is 7. The van der Waals surface area contributed by atoms with Crippen LogP contribution in [0.2, 0.25) is 0 Å². The number of amides is 1. The Morgan fingerprint density at radius 1 is 1.33 bits per heavy atom. The molecular weight excluding hydrogens is 348 g/mol. The van der Waals surface area contributed by atoms with Crippen molar-refractivity contribution in [1.29, 1.82) is 0 Å². The lowest BCUT2D eigenvalue weighted by atomic mass is 10.0. The molecular formula is C18H28N6O3. The number of fused-ring (bicyclic) bond motifs is 1. The highest BCUT2D eigenvalue weighted by atomic mass is 16.6. The summed E-state index contributed by atoms with van der Waals surface area (Å²) in [6.45, 7) is 10.3. The van der Waals surface area contributed by atoms with E-state index in [1.807, 2.05) is 20.8 Å². The van der Waals surface area contributed by atoms with Crippen molar-refractivity contribution in [3.63, 3.8) is 0 Å². The van der Waals surface area contributed by atoms with Crippen LogP contribution in [0.4, 0.5) is 10.7 Å². The topological polar surface area (TPSA) is 105 Å². The summed E-state index contributed by atoms with van der Waals surface area (Å²) in [6, 6.07) is -0.243. The molecule has 9 heteroatoms. The molecule has 2 atom stereocenters. The number of anilines is 1. The first kappa shape index (κ1) is 19.3. The monoisotopic (exact) mass is 376 g/mol. The normalized spacial score (nSPS) is 20.9. The van der Waals surface area contributed by atoms with E-state index in [0.717, 1.165) is 11.3 Å². The maximum atomic E-state index is 12.2. The highest BCUT2D eigenvalue weighted by molar-refractivity contribution is 5.68.